The minimum Gasteiger partial charge on any atom is -0.475 e. The molecule has 1 aromatic carbocycles. The number of alkyl halides is 6. The van der Waals surface area contributed by atoms with Gasteiger partial charge in [-0.05, 0) is 55.9 Å². The minimum absolute atomic E-state index is 0.188. The summed E-state index contributed by atoms with van der Waals surface area (Å²) in [5, 5.41) is 18.8. The number of likely N-dealkylation sites (tertiary alicyclic amines) is 1. The van der Waals surface area contributed by atoms with Gasteiger partial charge < -0.3 is 20.4 Å². The van der Waals surface area contributed by atoms with Gasteiger partial charge in [0.25, 0.3) is 0 Å². The Labute approximate surface area is 249 Å². The smallest absolute Gasteiger partial charge is 0.475 e. The van der Waals surface area contributed by atoms with E-state index in [9.17, 15) is 26.3 Å². The third kappa shape index (κ3) is 18.7. The first-order chi connectivity index (χ1) is 19.7. The van der Waals surface area contributed by atoms with Gasteiger partial charge in [0.05, 0.1) is 0 Å². The molecule has 1 spiro atoms. The van der Waals surface area contributed by atoms with Crippen LogP contribution in [0.1, 0.15) is 64.4 Å². The highest BCUT2D eigenvalue weighted by atomic mass is 32.2. The van der Waals surface area contributed by atoms with Crippen molar-refractivity contribution in [3.63, 3.8) is 0 Å². The van der Waals surface area contributed by atoms with Crippen molar-refractivity contribution in [1.82, 2.24) is 14.9 Å². The van der Waals surface area contributed by atoms with Gasteiger partial charge in [0.1, 0.15) is 0 Å². The molecule has 1 heterocycles. The second-order valence-corrected chi connectivity index (χ2v) is 12.0. The lowest BCUT2D eigenvalue weighted by Gasteiger charge is -2.59. The van der Waals surface area contributed by atoms with Crippen LogP contribution in [0.15, 0.2) is 36.4 Å². The number of nitrogens with zero attached hydrogens (tertiary/aromatic N) is 1. The van der Waals surface area contributed by atoms with Gasteiger partial charge in [-0.15, -0.1) is 0 Å². The fourth-order valence-electron chi connectivity index (χ4n) is 4.39. The van der Waals surface area contributed by atoms with Gasteiger partial charge >= 0.3 is 18.3 Å². The summed E-state index contributed by atoms with van der Waals surface area (Å²) in [4.78, 5) is 11.5. The average molecular weight is 630 g/mol. The molecular weight excluding hydrogens is 584 g/mol. The van der Waals surface area contributed by atoms with Crippen molar-refractivity contribution in [2.45, 2.75) is 88.5 Å². The van der Waals surface area contributed by atoms with Crippen LogP contribution in [-0.2, 0) is 4.79 Å². The normalized spacial score (nSPS) is 19.4. The molecule has 42 heavy (non-hydrogen) atoms. The molecule has 1 aromatic rings. The van der Waals surface area contributed by atoms with Crippen LogP contribution in [0, 0.1) is 5.41 Å². The predicted octanol–water partition coefficient (Wildman–Crippen LogP) is 6.52. The molecule has 3 aliphatic carbocycles. The Morgan fingerprint density at radius 3 is 1.98 bits per heavy atom. The van der Waals surface area contributed by atoms with Crippen molar-refractivity contribution in [2.24, 2.45) is 5.41 Å². The second kappa shape index (κ2) is 18.8. The van der Waals surface area contributed by atoms with Crippen molar-refractivity contribution in [3.8, 4) is 0 Å². The Balaban J connectivity index is 0.000000313. The summed E-state index contributed by atoms with van der Waals surface area (Å²) >= 11 is 1.97. The van der Waals surface area contributed by atoms with E-state index in [1.54, 1.807) is 0 Å². The van der Waals surface area contributed by atoms with E-state index in [0.29, 0.717) is 0 Å². The fraction of sp³-hybridized carbons (Fsp3) is 0.690. The number of aliphatic carboxylic acids is 1. The van der Waals surface area contributed by atoms with E-state index < -0.39 is 18.3 Å². The van der Waals surface area contributed by atoms with Crippen molar-refractivity contribution in [3.05, 3.63) is 42.0 Å². The number of aliphatic hydroxyl groups is 1. The van der Waals surface area contributed by atoms with Crippen LogP contribution in [0.2, 0.25) is 0 Å². The van der Waals surface area contributed by atoms with Gasteiger partial charge in [0.2, 0.25) is 0 Å². The van der Waals surface area contributed by atoms with Crippen LogP contribution in [0.25, 0.3) is 6.08 Å². The molecule has 0 bridgehead atoms. The highest BCUT2D eigenvalue weighted by molar-refractivity contribution is 7.98. The van der Waals surface area contributed by atoms with Crippen molar-refractivity contribution in [1.29, 1.82) is 0 Å². The maximum absolute atomic E-state index is 10.6. The average Bonchev–Trinajstić information content (AvgIpc) is 3.79. The summed E-state index contributed by atoms with van der Waals surface area (Å²) < 4.78 is 66.3. The molecule has 13 heteroatoms. The Morgan fingerprint density at radius 1 is 1.02 bits per heavy atom. The number of hydrogen-bond donors (Lipinski definition) is 4. The Kier molecular flexibility index (Phi) is 17.1. The van der Waals surface area contributed by atoms with Crippen molar-refractivity contribution in [2.75, 3.05) is 33.3 Å². The standard InChI is InChI=1S/C14H25N3S.C10H12.C2HF3O2.C2H3F3.CH4O/c1-2-11(1)16-12-7-14(8-12)9-17(10-14)6-5-15-18-13-3-4-13;1-2-3-7-10-8-5-4-6-9-10;3-2(4,5)1(6)7;1-2(3,4)5;1-2/h11-13,15-16H,1-10H2;3-9H,2H2,1H3;(H,6,7);1H3;2H,1H3/b;7-3-;;;. The van der Waals surface area contributed by atoms with Gasteiger partial charge in [-0.3, -0.25) is 4.72 Å². The minimum atomic E-state index is -5.08. The van der Waals surface area contributed by atoms with Gasteiger partial charge in [-0.25, -0.2) is 4.79 Å². The molecular formula is C29H45F6N3O3S. The van der Waals surface area contributed by atoms with Crippen LogP contribution in [-0.4, -0.2) is 84.1 Å². The van der Waals surface area contributed by atoms with Crippen LogP contribution >= 0.6 is 11.9 Å². The zero-order valence-electron chi connectivity index (χ0n) is 24.5. The number of aliphatic hydroxyl groups excluding tert-OH is 1. The van der Waals surface area contributed by atoms with E-state index in [-0.39, 0.29) is 6.92 Å². The van der Waals surface area contributed by atoms with Gasteiger partial charge in [0, 0.05) is 57.5 Å². The molecule has 1 aliphatic heterocycles. The van der Waals surface area contributed by atoms with E-state index >= 15 is 0 Å². The first-order valence-corrected chi connectivity index (χ1v) is 15.0. The molecule has 242 valence electrons. The van der Waals surface area contributed by atoms with Crippen LogP contribution in [0.4, 0.5) is 26.3 Å². The number of nitrogens with one attached hydrogen (secondary N) is 2. The maximum atomic E-state index is 10.6. The highest BCUT2D eigenvalue weighted by Crippen LogP contribution is 2.48. The lowest BCUT2D eigenvalue weighted by atomic mass is 9.60. The quantitative estimate of drug-likeness (QED) is 0.141. The Hall–Kier alpha value is -1.80. The summed E-state index contributed by atoms with van der Waals surface area (Å²) in [5.74, 6) is -2.76. The molecule has 0 atom stereocenters. The molecule has 0 amide bonds. The summed E-state index contributed by atoms with van der Waals surface area (Å²) in [6, 6.07) is 12.1. The summed E-state index contributed by atoms with van der Waals surface area (Å²) in [6.07, 6.45) is 4.94. The molecule has 6 nitrogen and oxygen atoms in total. The molecule has 4 fully saturated rings. The van der Waals surface area contributed by atoms with E-state index in [0.717, 1.165) is 36.3 Å². The lowest BCUT2D eigenvalue weighted by molar-refractivity contribution is -0.192. The van der Waals surface area contributed by atoms with E-state index in [1.165, 1.54) is 70.3 Å². The number of carboxylic acid groups (broad SMARTS) is 1. The first kappa shape index (κ1) is 38.2. The number of allylic oxidation sites excluding steroid dienone is 1. The van der Waals surface area contributed by atoms with Crippen LogP contribution < -0.4 is 10.0 Å². The summed E-state index contributed by atoms with van der Waals surface area (Å²) in [5.41, 5.74) is 2.01. The number of rotatable bonds is 9. The third-order valence-electron chi connectivity index (χ3n) is 6.42. The highest BCUT2D eigenvalue weighted by Gasteiger charge is 2.52. The number of carboxylic acids is 1. The molecule has 1 saturated heterocycles. The van der Waals surface area contributed by atoms with Gasteiger partial charge in [0.15, 0.2) is 0 Å². The molecule has 4 N–H and O–H groups in total. The molecule has 3 saturated carbocycles. The van der Waals surface area contributed by atoms with E-state index in [4.69, 9.17) is 15.0 Å². The number of carbonyl (C=O) groups is 1. The van der Waals surface area contributed by atoms with Crippen LogP contribution in [0.5, 0.6) is 0 Å². The zero-order valence-corrected chi connectivity index (χ0v) is 25.3. The lowest BCUT2D eigenvalue weighted by Crippen LogP contribution is -2.66. The van der Waals surface area contributed by atoms with E-state index in [2.05, 4.69) is 58.3 Å². The fourth-order valence-corrected chi connectivity index (χ4v) is 5.21. The molecule has 0 unspecified atom stereocenters. The molecule has 4 aliphatic rings. The van der Waals surface area contributed by atoms with Gasteiger partial charge in [-0.2, -0.15) is 26.3 Å². The number of benzene rings is 1. The molecule has 0 aromatic heterocycles. The second-order valence-electron chi connectivity index (χ2n) is 10.8. The summed E-state index contributed by atoms with van der Waals surface area (Å²) in [7, 11) is 1.00. The molecule has 5 rings (SSSR count). The summed E-state index contributed by atoms with van der Waals surface area (Å²) in [6.45, 7) is 7.48. The number of halogens is 6. The van der Waals surface area contributed by atoms with Crippen molar-refractivity contribution >= 4 is 24.0 Å². The van der Waals surface area contributed by atoms with Gasteiger partial charge in [-0.1, -0.05) is 61.4 Å². The molecule has 0 radical (unpaired) electrons. The zero-order chi connectivity index (χ0) is 31.8. The topological polar surface area (TPSA) is 84.8 Å². The third-order valence-corrected chi connectivity index (χ3v) is 7.59. The SMILES string of the molecule is C(CN1CC2(CC(NC3CC3)C2)C1)NSC1CC1.CC(F)(F)F.CC/C=C\c1ccccc1.CO.O=C(O)C(F)(F)F. The number of hydrogen-bond acceptors (Lipinski definition) is 6. The maximum Gasteiger partial charge on any atom is 0.490 e. The monoisotopic (exact) mass is 629 g/mol. The Morgan fingerprint density at radius 2 is 1.55 bits per heavy atom. The van der Waals surface area contributed by atoms with Crippen molar-refractivity contribution < 1.29 is 41.4 Å². The predicted molar refractivity (Wildman–Crippen MR) is 156 cm³/mol. The van der Waals surface area contributed by atoms with Crippen LogP contribution in [0.3, 0.4) is 0 Å². The largest absolute Gasteiger partial charge is 0.490 e. The van der Waals surface area contributed by atoms with E-state index in [1.807, 2.05) is 18.0 Å². The Bertz CT molecular complexity index is 890. The first-order valence-electron chi connectivity index (χ1n) is 14.1.